The molecule has 0 unspecified atom stereocenters. The average molecular weight is 275 g/mol. The van der Waals surface area contributed by atoms with Gasteiger partial charge in [0.25, 0.3) is 0 Å². The van der Waals surface area contributed by atoms with Gasteiger partial charge in [-0.3, -0.25) is 4.90 Å². The van der Waals surface area contributed by atoms with Crippen molar-refractivity contribution in [1.29, 1.82) is 0 Å². The van der Waals surface area contributed by atoms with Crippen molar-refractivity contribution in [2.45, 2.75) is 32.7 Å². The normalized spacial score (nSPS) is 21.0. The molecule has 5 nitrogen and oxygen atoms in total. The van der Waals surface area contributed by atoms with Crippen LogP contribution in [0, 0.1) is 5.92 Å². The number of anilines is 1. The van der Waals surface area contributed by atoms with Gasteiger partial charge in [-0.2, -0.15) is 0 Å². The van der Waals surface area contributed by atoms with E-state index in [1.54, 1.807) is 0 Å². The van der Waals surface area contributed by atoms with E-state index in [4.69, 9.17) is 10.7 Å². The Balaban J connectivity index is 1.70. The largest absolute Gasteiger partial charge is 0.341 e. The van der Waals surface area contributed by atoms with Crippen LogP contribution in [-0.4, -0.2) is 47.6 Å². The first-order valence-electron chi connectivity index (χ1n) is 7.82. The summed E-state index contributed by atoms with van der Waals surface area (Å²) in [5.74, 6) is 1.60. The fraction of sp³-hybridized carbons (Fsp3) is 0.733. The lowest BCUT2D eigenvalue weighted by molar-refractivity contribution is 0.265. The number of nitrogens with zero attached hydrogens (tertiary/aromatic N) is 4. The zero-order valence-electron chi connectivity index (χ0n) is 12.4. The molecule has 1 aromatic heterocycles. The number of rotatable bonds is 3. The molecular weight excluding hydrogens is 250 g/mol. The summed E-state index contributed by atoms with van der Waals surface area (Å²) in [7, 11) is 0. The van der Waals surface area contributed by atoms with Crippen molar-refractivity contribution in [3.63, 3.8) is 0 Å². The molecule has 2 N–H and O–H groups in total. The Morgan fingerprint density at radius 3 is 2.80 bits per heavy atom. The number of nitrogens with two attached hydrogens (primary N) is 1. The van der Waals surface area contributed by atoms with Crippen LogP contribution >= 0.6 is 0 Å². The van der Waals surface area contributed by atoms with E-state index in [0.717, 1.165) is 51.6 Å². The van der Waals surface area contributed by atoms with Gasteiger partial charge in [0.15, 0.2) is 0 Å². The quantitative estimate of drug-likeness (QED) is 0.893. The van der Waals surface area contributed by atoms with Crippen LogP contribution < -0.4 is 10.6 Å². The summed E-state index contributed by atoms with van der Waals surface area (Å²) in [4.78, 5) is 14.2. The number of piperidine rings is 1. The standard InChI is InChI=1S/C15H25N5/c1-2-19-6-5-14-13(11-19)10-17-15(18-14)20-7-3-12(9-16)4-8-20/h10,12H,2-9,11,16H2,1H3. The number of hydrogen-bond donors (Lipinski definition) is 1. The number of hydrogen-bond acceptors (Lipinski definition) is 5. The molecule has 5 heteroatoms. The van der Waals surface area contributed by atoms with Gasteiger partial charge in [0.2, 0.25) is 5.95 Å². The number of likely N-dealkylation sites (N-methyl/N-ethyl adjacent to an activating group) is 1. The predicted molar refractivity (Wildman–Crippen MR) is 80.7 cm³/mol. The van der Waals surface area contributed by atoms with Crippen LogP contribution in [0.25, 0.3) is 0 Å². The third-order valence-electron chi connectivity index (χ3n) is 4.68. The maximum absolute atomic E-state index is 5.75. The molecule has 0 aliphatic carbocycles. The molecule has 0 aromatic carbocycles. The lowest BCUT2D eigenvalue weighted by atomic mass is 9.97. The molecule has 0 radical (unpaired) electrons. The molecular formula is C15H25N5. The van der Waals surface area contributed by atoms with Gasteiger partial charge in [-0.05, 0) is 31.8 Å². The minimum atomic E-state index is 0.682. The van der Waals surface area contributed by atoms with Crippen LogP contribution in [-0.2, 0) is 13.0 Å². The van der Waals surface area contributed by atoms with E-state index in [2.05, 4.69) is 21.7 Å². The molecule has 2 aliphatic heterocycles. The van der Waals surface area contributed by atoms with Crippen molar-refractivity contribution in [3.8, 4) is 0 Å². The Kier molecular flexibility index (Phi) is 4.17. The molecule has 1 fully saturated rings. The van der Waals surface area contributed by atoms with Gasteiger partial charge in [0, 0.05) is 44.4 Å². The van der Waals surface area contributed by atoms with Gasteiger partial charge >= 0.3 is 0 Å². The molecule has 0 atom stereocenters. The minimum absolute atomic E-state index is 0.682. The van der Waals surface area contributed by atoms with Crippen molar-refractivity contribution in [3.05, 3.63) is 17.5 Å². The molecule has 3 heterocycles. The molecule has 110 valence electrons. The minimum Gasteiger partial charge on any atom is -0.341 e. The van der Waals surface area contributed by atoms with Gasteiger partial charge in [-0.1, -0.05) is 6.92 Å². The van der Waals surface area contributed by atoms with E-state index in [-0.39, 0.29) is 0 Å². The summed E-state index contributed by atoms with van der Waals surface area (Å²) in [5.41, 5.74) is 8.31. The maximum Gasteiger partial charge on any atom is 0.225 e. The Bertz CT molecular complexity index is 454. The van der Waals surface area contributed by atoms with Crippen LogP contribution in [0.3, 0.4) is 0 Å². The Labute approximate surface area is 121 Å². The summed E-state index contributed by atoms with van der Waals surface area (Å²) in [6.07, 6.45) is 5.42. The first-order chi connectivity index (χ1) is 9.80. The van der Waals surface area contributed by atoms with Gasteiger partial charge in [-0.25, -0.2) is 9.97 Å². The molecule has 1 saturated heterocycles. The zero-order chi connectivity index (χ0) is 13.9. The van der Waals surface area contributed by atoms with Crippen LogP contribution in [0.5, 0.6) is 0 Å². The number of fused-ring (bicyclic) bond motifs is 1. The van der Waals surface area contributed by atoms with Crippen molar-refractivity contribution < 1.29 is 0 Å². The molecule has 0 saturated carbocycles. The van der Waals surface area contributed by atoms with E-state index >= 15 is 0 Å². The molecule has 0 spiro atoms. The summed E-state index contributed by atoms with van der Waals surface area (Å²) in [5, 5.41) is 0. The van der Waals surface area contributed by atoms with Gasteiger partial charge < -0.3 is 10.6 Å². The van der Waals surface area contributed by atoms with Gasteiger partial charge in [0.1, 0.15) is 0 Å². The van der Waals surface area contributed by atoms with Crippen LogP contribution in [0.4, 0.5) is 5.95 Å². The van der Waals surface area contributed by atoms with Crippen molar-refractivity contribution in [2.75, 3.05) is 37.6 Å². The van der Waals surface area contributed by atoms with E-state index in [1.807, 2.05) is 6.20 Å². The zero-order valence-corrected chi connectivity index (χ0v) is 12.4. The fourth-order valence-electron chi connectivity index (χ4n) is 3.16. The fourth-order valence-corrected chi connectivity index (χ4v) is 3.16. The van der Waals surface area contributed by atoms with Crippen LogP contribution in [0.15, 0.2) is 6.20 Å². The van der Waals surface area contributed by atoms with Crippen molar-refractivity contribution in [2.24, 2.45) is 11.7 Å². The smallest absolute Gasteiger partial charge is 0.225 e. The van der Waals surface area contributed by atoms with E-state index in [0.29, 0.717) is 5.92 Å². The second-order valence-corrected chi connectivity index (χ2v) is 5.93. The molecule has 0 amide bonds. The maximum atomic E-state index is 5.75. The van der Waals surface area contributed by atoms with E-state index in [1.165, 1.54) is 24.1 Å². The highest BCUT2D eigenvalue weighted by molar-refractivity contribution is 5.34. The number of aromatic nitrogens is 2. The summed E-state index contributed by atoms with van der Waals surface area (Å²) in [6, 6.07) is 0. The summed E-state index contributed by atoms with van der Waals surface area (Å²) >= 11 is 0. The Hall–Kier alpha value is -1.20. The second-order valence-electron chi connectivity index (χ2n) is 5.93. The van der Waals surface area contributed by atoms with Crippen LogP contribution in [0.2, 0.25) is 0 Å². The predicted octanol–water partition coefficient (Wildman–Crippen LogP) is 1.03. The van der Waals surface area contributed by atoms with Crippen LogP contribution in [0.1, 0.15) is 31.0 Å². The molecule has 0 bridgehead atoms. The SMILES string of the molecule is CCN1CCc2nc(N3CCC(CN)CC3)ncc2C1. The first kappa shape index (κ1) is 13.8. The Morgan fingerprint density at radius 1 is 1.30 bits per heavy atom. The molecule has 3 rings (SSSR count). The monoisotopic (exact) mass is 275 g/mol. The topological polar surface area (TPSA) is 58.3 Å². The highest BCUT2D eigenvalue weighted by Crippen LogP contribution is 2.22. The molecule has 1 aromatic rings. The molecule has 20 heavy (non-hydrogen) atoms. The lowest BCUT2D eigenvalue weighted by Gasteiger charge is -2.32. The van der Waals surface area contributed by atoms with Crippen molar-refractivity contribution >= 4 is 5.95 Å². The Morgan fingerprint density at radius 2 is 2.10 bits per heavy atom. The van der Waals surface area contributed by atoms with Crippen molar-refractivity contribution in [1.82, 2.24) is 14.9 Å². The van der Waals surface area contributed by atoms with E-state index < -0.39 is 0 Å². The first-order valence-corrected chi connectivity index (χ1v) is 7.82. The van der Waals surface area contributed by atoms with Gasteiger partial charge in [0.05, 0.1) is 5.69 Å². The van der Waals surface area contributed by atoms with Gasteiger partial charge in [-0.15, -0.1) is 0 Å². The van der Waals surface area contributed by atoms with E-state index in [9.17, 15) is 0 Å². The highest BCUT2D eigenvalue weighted by Gasteiger charge is 2.22. The average Bonchev–Trinajstić information content (AvgIpc) is 2.54. The second kappa shape index (κ2) is 6.06. The molecule has 2 aliphatic rings. The summed E-state index contributed by atoms with van der Waals surface area (Å²) < 4.78 is 0. The lowest BCUT2D eigenvalue weighted by Crippen LogP contribution is -2.38. The third kappa shape index (κ3) is 2.79. The highest BCUT2D eigenvalue weighted by atomic mass is 15.3. The summed E-state index contributed by atoms with van der Waals surface area (Å²) in [6.45, 7) is 8.33. The third-order valence-corrected chi connectivity index (χ3v) is 4.68.